The lowest BCUT2D eigenvalue weighted by Crippen LogP contribution is -2.39. The van der Waals surface area contributed by atoms with E-state index in [1.807, 2.05) is 44.2 Å². The highest BCUT2D eigenvalue weighted by Crippen LogP contribution is 2.33. The fourth-order valence-electron chi connectivity index (χ4n) is 4.09. The minimum Gasteiger partial charge on any atom is -0.495 e. The molecule has 9 nitrogen and oxygen atoms in total. The first-order chi connectivity index (χ1) is 20.3. The monoisotopic (exact) mass is 587 g/mol. The Hall–Kier alpha value is -4.83. The largest absolute Gasteiger partial charge is 0.495 e. The second kappa shape index (κ2) is 14.2. The van der Waals surface area contributed by atoms with Gasteiger partial charge in [-0.05, 0) is 73.0 Å². The van der Waals surface area contributed by atoms with Gasteiger partial charge in [-0.1, -0.05) is 54.6 Å². The van der Waals surface area contributed by atoms with Gasteiger partial charge in [-0.25, -0.2) is 13.8 Å². The first-order valence-corrected chi connectivity index (χ1v) is 14.7. The molecule has 0 aromatic heterocycles. The van der Waals surface area contributed by atoms with Crippen LogP contribution < -0.4 is 23.9 Å². The molecule has 4 rings (SSSR count). The van der Waals surface area contributed by atoms with Gasteiger partial charge in [-0.3, -0.25) is 9.10 Å². The molecule has 0 bridgehead atoms. The zero-order chi connectivity index (χ0) is 30.0. The molecule has 0 unspecified atom stereocenters. The number of amides is 1. The molecule has 42 heavy (non-hydrogen) atoms. The van der Waals surface area contributed by atoms with Crippen molar-refractivity contribution in [2.24, 2.45) is 5.10 Å². The number of sulfonamides is 1. The van der Waals surface area contributed by atoms with E-state index in [2.05, 4.69) is 10.5 Å². The van der Waals surface area contributed by atoms with Crippen molar-refractivity contribution in [2.45, 2.75) is 25.3 Å². The van der Waals surface area contributed by atoms with Gasteiger partial charge in [0.25, 0.3) is 15.9 Å². The first-order valence-electron chi connectivity index (χ1n) is 13.3. The first kappa shape index (κ1) is 30.1. The minimum atomic E-state index is -4.11. The van der Waals surface area contributed by atoms with Crippen LogP contribution in [0.2, 0.25) is 0 Å². The van der Waals surface area contributed by atoms with E-state index < -0.39 is 22.5 Å². The smallest absolute Gasteiger partial charge is 0.264 e. The summed E-state index contributed by atoms with van der Waals surface area (Å²) in [7, 11) is -2.66. The lowest BCUT2D eigenvalue weighted by Gasteiger charge is -2.25. The van der Waals surface area contributed by atoms with Gasteiger partial charge in [0.05, 0.1) is 30.5 Å². The highest BCUT2D eigenvalue weighted by atomic mass is 32.2. The van der Waals surface area contributed by atoms with Gasteiger partial charge in [-0.15, -0.1) is 0 Å². The summed E-state index contributed by atoms with van der Waals surface area (Å²) in [5, 5.41) is 4.05. The summed E-state index contributed by atoms with van der Waals surface area (Å²) >= 11 is 0. The third kappa shape index (κ3) is 7.67. The zero-order valence-electron chi connectivity index (χ0n) is 23.7. The Kier molecular flexibility index (Phi) is 10.2. The second-order valence-corrected chi connectivity index (χ2v) is 11.1. The maximum atomic E-state index is 13.6. The Balaban J connectivity index is 1.51. The summed E-state index contributed by atoms with van der Waals surface area (Å²) in [6, 6.07) is 28.1. The zero-order valence-corrected chi connectivity index (χ0v) is 24.5. The van der Waals surface area contributed by atoms with Gasteiger partial charge >= 0.3 is 0 Å². The van der Waals surface area contributed by atoms with Crippen molar-refractivity contribution in [2.75, 3.05) is 24.6 Å². The number of hydrogen-bond donors (Lipinski definition) is 1. The third-order valence-electron chi connectivity index (χ3n) is 6.13. The molecule has 4 aromatic carbocycles. The van der Waals surface area contributed by atoms with Crippen LogP contribution in [-0.4, -0.2) is 40.8 Å². The van der Waals surface area contributed by atoms with Gasteiger partial charge < -0.3 is 14.2 Å². The summed E-state index contributed by atoms with van der Waals surface area (Å²) in [6.07, 6.45) is 1.45. The van der Waals surface area contributed by atoms with E-state index in [-0.39, 0.29) is 10.6 Å². The SMILES string of the molecule is CCOc1cc(/C=N\NC(=O)CN(c2cc(C)ccc2OC)S(=O)(=O)c2ccccc2)ccc1OCc1ccccc1. The highest BCUT2D eigenvalue weighted by Gasteiger charge is 2.29. The van der Waals surface area contributed by atoms with E-state index in [0.29, 0.717) is 36.0 Å². The van der Waals surface area contributed by atoms with Crippen LogP contribution in [0, 0.1) is 6.92 Å². The summed E-state index contributed by atoms with van der Waals surface area (Å²) in [6.45, 7) is 4.01. The summed E-state index contributed by atoms with van der Waals surface area (Å²) in [5.74, 6) is 0.794. The maximum absolute atomic E-state index is 13.6. The van der Waals surface area contributed by atoms with Crippen LogP contribution in [0.4, 0.5) is 5.69 Å². The fraction of sp³-hybridized carbons (Fsp3) is 0.188. The number of hydrazone groups is 1. The standard InChI is InChI=1S/C32H33N3O6S/c1-4-40-31-20-26(16-18-30(31)41-23-25-11-7-5-8-12-25)21-33-34-32(36)22-35(28-19-24(2)15-17-29(28)39-3)42(37,38)27-13-9-6-10-14-27/h5-21H,4,22-23H2,1-3H3,(H,34,36)/b33-21-. The molecule has 0 fully saturated rings. The molecule has 0 radical (unpaired) electrons. The topological polar surface area (TPSA) is 107 Å². The summed E-state index contributed by atoms with van der Waals surface area (Å²) < 4.78 is 45.4. The van der Waals surface area contributed by atoms with Gasteiger partial charge in [0.2, 0.25) is 0 Å². The number of rotatable bonds is 13. The van der Waals surface area contributed by atoms with Crippen LogP contribution >= 0.6 is 0 Å². The minimum absolute atomic E-state index is 0.0443. The molecule has 0 saturated heterocycles. The Labute approximate surface area is 246 Å². The molecular weight excluding hydrogens is 554 g/mol. The number of ether oxygens (including phenoxy) is 3. The predicted molar refractivity (Wildman–Crippen MR) is 163 cm³/mol. The molecule has 0 heterocycles. The van der Waals surface area contributed by atoms with E-state index in [1.165, 1.54) is 25.5 Å². The third-order valence-corrected chi connectivity index (χ3v) is 7.90. The van der Waals surface area contributed by atoms with E-state index in [9.17, 15) is 13.2 Å². The Morgan fingerprint density at radius 3 is 2.26 bits per heavy atom. The quantitative estimate of drug-likeness (QED) is 0.168. The normalized spacial score (nSPS) is 11.2. The molecule has 1 amide bonds. The lowest BCUT2D eigenvalue weighted by atomic mass is 10.2. The fourth-order valence-corrected chi connectivity index (χ4v) is 5.53. The molecule has 218 valence electrons. The summed E-state index contributed by atoms with van der Waals surface area (Å²) in [5.41, 5.74) is 5.16. The number of carbonyl (C=O) groups excluding carboxylic acids is 1. The van der Waals surface area contributed by atoms with Crippen LogP contribution in [0.5, 0.6) is 17.2 Å². The maximum Gasteiger partial charge on any atom is 0.264 e. The Morgan fingerprint density at radius 1 is 0.881 bits per heavy atom. The van der Waals surface area contributed by atoms with Crippen molar-refractivity contribution in [3.8, 4) is 17.2 Å². The van der Waals surface area contributed by atoms with Gasteiger partial charge in [0.1, 0.15) is 18.9 Å². The number of hydrogen-bond acceptors (Lipinski definition) is 7. The van der Waals surface area contributed by atoms with Crippen molar-refractivity contribution in [3.63, 3.8) is 0 Å². The molecule has 0 atom stereocenters. The molecule has 0 saturated carbocycles. The van der Waals surface area contributed by atoms with Crippen molar-refractivity contribution in [3.05, 3.63) is 114 Å². The van der Waals surface area contributed by atoms with Gasteiger partial charge in [-0.2, -0.15) is 5.10 Å². The molecular formula is C32H33N3O6S. The van der Waals surface area contributed by atoms with E-state index >= 15 is 0 Å². The molecule has 0 aliphatic rings. The number of nitrogens with one attached hydrogen (secondary N) is 1. The highest BCUT2D eigenvalue weighted by molar-refractivity contribution is 7.92. The predicted octanol–water partition coefficient (Wildman–Crippen LogP) is 5.33. The van der Waals surface area contributed by atoms with E-state index in [0.717, 1.165) is 15.4 Å². The Bertz CT molecular complexity index is 1630. The lowest BCUT2D eigenvalue weighted by molar-refractivity contribution is -0.119. The number of anilines is 1. The molecule has 10 heteroatoms. The van der Waals surface area contributed by atoms with Crippen LogP contribution in [0.1, 0.15) is 23.6 Å². The van der Waals surface area contributed by atoms with Gasteiger partial charge in [0.15, 0.2) is 11.5 Å². The van der Waals surface area contributed by atoms with Crippen LogP contribution in [0.25, 0.3) is 0 Å². The molecule has 0 spiro atoms. The average molecular weight is 588 g/mol. The van der Waals surface area contributed by atoms with Crippen LogP contribution in [-0.2, 0) is 21.4 Å². The number of benzene rings is 4. The Morgan fingerprint density at radius 2 is 1.57 bits per heavy atom. The van der Waals surface area contributed by atoms with E-state index in [4.69, 9.17) is 14.2 Å². The molecule has 1 N–H and O–H groups in total. The number of nitrogens with zero attached hydrogens (tertiary/aromatic N) is 2. The van der Waals surface area contributed by atoms with Gasteiger partial charge in [0, 0.05) is 0 Å². The average Bonchev–Trinajstić information content (AvgIpc) is 3.00. The van der Waals surface area contributed by atoms with Crippen molar-refractivity contribution < 1.29 is 27.4 Å². The number of aryl methyl sites for hydroxylation is 1. The molecule has 4 aromatic rings. The summed E-state index contributed by atoms with van der Waals surface area (Å²) in [4.78, 5) is 13.1. The van der Waals surface area contributed by atoms with Crippen molar-refractivity contribution in [1.82, 2.24) is 5.43 Å². The molecule has 0 aliphatic carbocycles. The van der Waals surface area contributed by atoms with Crippen LogP contribution in [0.3, 0.4) is 0 Å². The molecule has 0 aliphatic heterocycles. The number of carbonyl (C=O) groups is 1. The van der Waals surface area contributed by atoms with Crippen molar-refractivity contribution in [1.29, 1.82) is 0 Å². The van der Waals surface area contributed by atoms with Crippen LogP contribution in [0.15, 0.2) is 107 Å². The van der Waals surface area contributed by atoms with Crippen molar-refractivity contribution >= 4 is 27.8 Å². The van der Waals surface area contributed by atoms with E-state index in [1.54, 1.807) is 54.6 Å². The second-order valence-electron chi connectivity index (χ2n) is 9.21. The number of methoxy groups -OCH3 is 1.